The Morgan fingerprint density at radius 2 is 2.23 bits per heavy atom. The maximum atomic E-state index is 2.38. The number of hydrogen-bond donors (Lipinski definition) is 0. The van der Waals surface area contributed by atoms with Crippen molar-refractivity contribution in [2.45, 2.75) is 13.8 Å². The summed E-state index contributed by atoms with van der Waals surface area (Å²) < 4.78 is 0. The van der Waals surface area contributed by atoms with Crippen LogP contribution in [0.25, 0.3) is 6.08 Å². The normalized spacial score (nSPS) is 14.5. The molecule has 0 saturated heterocycles. The van der Waals surface area contributed by atoms with Gasteiger partial charge in [-0.3, -0.25) is 0 Å². The molecule has 1 aliphatic heterocycles. The lowest BCUT2D eigenvalue weighted by Crippen LogP contribution is -2.25. The molecule has 1 heteroatoms. The summed E-state index contributed by atoms with van der Waals surface area (Å²) in [5, 5.41) is 0. The van der Waals surface area contributed by atoms with Gasteiger partial charge in [0.15, 0.2) is 0 Å². The van der Waals surface area contributed by atoms with Gasteiger partial charge in [-0.25, -0.2) is 0 Å². The molecule has 2 rings (SSSR count). The molecule has 0 aliphatic carbocycles. The van der Waals surface area contributed by atoms with Gasteiger partial charge in [-0.05, 0) is 31.5 Å². The van der Waals surface area contributed by atoms with Crippen LogP contribution in [-0.2, 0) is 0 Å². The van der Waals surface area contributed by atoms with Crippen molar-refractivity contribution in [3.05, 3.63) is 35.4 Å². The molecule has 0 aromatic heterocycles. The Morgan fingerprint density at radius 1 is 1.38 bits per heavy atom. The summed E-state index contributed by atoms with van der Waals surface area (Å²) in [4.78, 5) is 2.38. The lowest BCUT2D eigenvalue weighted by atomic mass is 10.1. The van der Waals surface area contributed by atoms with E-state index in [1.54, 1.807) is 0 Å². The summed E-state index contributed by atoms with van der Waals surface area (Å²) in [6.07, 6.45) is 4.44. The van der Waals surface area contributed by atoms with Gasteiger partial charge in [-0.15, -0.1) is 0 Å². The van der Waals surface area contributed by atoms with Crippen LogP contribution in [0.3, 0.4) is 0 Å². The zero-order valence-electron chi connectivity index (χ0n) is 8.25. The number of aryl methyl sites for hydroxylation is 1. The van der Waals surface area contributed by atoms with Gasteiger partial charge in [0, 0.05) is 18.8 Å². The van der Waals surface area contributed by atoms with Crippen LogP contribution in [0.2, 0.25) is 0 Å². The highest BCUT2D eigenvalue weighted by Crippen LogP contribution is 2.26. The molecule has 0 atom stereocenters. The highest BCUT2D eigenvalue weighted by Gasteiger charge is 2.10. The van der Waals surface area contributed by atoms with Crippen molar-refractivity contribution in [2.24, 2.45) is 0 Å². The van der Waals surface area contributed by atoms with Gasteiger partial charge < -0.3 is 4.90 Å². The molecule has 1 heterocycles. The summed E-state index contributed by atoms with van der Waals surface area (Å²) in [5.74, 6) is 0. The first-order valence-corrected chi connectivity index (χ1v) is 4.83. The smallest absolute Gasteiger partial charge is 0.0442 e. The van der Waals surface area contributed by atoms with Crippen molar-refractivity contribution in [1.29, 1.82) is 0 Å². The fraction of sp³-hybridized carbons (Fsp3) is 0.333. The number of hydrogen-bond acceptors (Lipinski definition) is 1. The average molecular weight is 173 g/mol. The maximum Gasteiger partial charge on any atom is 0.0442 e. The van der Waals surface area contributed by atoms with Crippen molar-refractivity contribution in [1.82, 2.24) is 0 Å². The zero-order chi connectivity index (χ0) is 9.26. The molecule has 68 valence electrons. The van der Waals surface area contributed by atoms with Crippen LogP contribution in [0.15, 0.2) is 24.3 Å². The Hall–Kier alpha value is -1.24. The van der Waals surface area contributed by atoms with Gasteiger partial charge in [0.05, 0.1) is 0 Å². The van der Waals surface area contributed by atoms with Crippen LogP contribution in [0.5, 0.6) is 0 Å². The average Bonchev–Trinajstić information content (AvgIpc) is 2.16. The predicted molar refractivity (Wildman–Crippen MR) is 58.1 cm³/mol. The topological polar surface area (TPSA) is 3.24 Å². The molecule has 0 amide bonds. The summed E-state index contributed by atoms with van der Waals surface area (Å²) in [5.41, 5.74) is 4.06. The van der Waals surface area contributed by atoms with E-state index in [0.29, 0.717) is 0 Å². The first-order chi connectivity index (χ1) is 6.31. The minimum Gasteiger partial charge on any atom is -0.368 e. The van der Waals surface area contributed by atoms with Crippen molar-refractivity contribution in [3.63, 3.8) is 0 Å². The minimum absolute atomic E-state index is 1.05. The van der Waals surface area contributed by atoms with Crippen LogP contribution in [-0.4, -0.2) is 13.1 Å². The van der Waals surface area contributed by atoms with Crippen molar-refractivity contribution in [3.8, 4) is 0 Å². The van der Waals surface area contributed by atoms with E-state index in [-0.39, 0.29) is 0 Å². The SMILES string of the molecule is CCN1CC=Cc2cc(C)ccc21. The Kier molecular flexibility index (Phi) is 2.09. The second-order valence-electron chi connectivity index (χ2n) is 3.50. The molecular formula is C12H15N. The monoisotopic (exact) mass is 173 g/mol. The number of nitrogens with zero attached hydrogens (tertiary/aromatic N) is 1. The van der Waals surface area contributed by atoms with Crippen LogP contribution in [0, 0.1) is 6.92 Å². The molecule has 0 fully saturated rings. The fourth-order valence-electron chi connectivity index (χ4n) is 1.80. The first kappa shape index (κ1) is 8.36. The van der Waals surface area contributed by atoms with E-state index in [4.69, 9.17) is 0 Å². The van der Waals surface area contributed by atoms with Gasteiger partial charge in [0.25, 0.3) is 0 Å². The van der Waals surface area contributed by atoms with E-state index in [2.05, 4.69) is 49.1 Å². The first-order valence-electron chi connectivity index (χ1n) is 4.83. The maximum absolute atomic E-state index is 2.38. The molecule has 0 radical (unpaired) electrons. The van der Waals surface area contributed by atoms with E-state index in [0.717, 1.165) is 13.1 Å². The third-order valence-corrected chi connectivity index (χ3v) is 2.53. The summed E-state index contributed by atoms with van der Waals surface area (Å²) in [7, 11) is 0. The molecule has 0 unspecified atom stereocenters. The Morgan fingerprint density at radius 3 is 3.00 bits per heavy atom. The van der Waals surface area contributed by atoms with E-state index in [9.17, 15) is 0 Å². The number of anilines is 1. The molecule has 1 aromatic rings. The largest absolute Gasteiger partial charge is 0.368 e. The fourth-order valence-corrected chi connectivity index (χ4v) is 1.80. The molecule has 1 nitrogen and oxygen atoms in total. The van der Waals surface area contributed by atoms with Gasteiger partial charge >= 0.3 is 0 Å². The Labute approximate surface area is 79.7 Å². The zero-order valence-corrected chi connectivity index (χ0v) is 8.25. The number of rotatable bonds is 1. The van der Waals surface area contributed by atoms with Crippen molar-refractivity contribution in [2.75, 3.05) is 18.0 Å². The molecular weight excluding hydrogens is 158 g/mol. The molecule has 0 bridgehead atoms. The molecule has 0 N–H and O–H groups in total. The standard InChI is InChI=1S/C12H15N/c1-3-13-8-4-5-11-9-10(2)6-7-12(11)13/h4-7,9H,3,8H2,1-2H3. The summed E-state index contributed by atoms with van der Waals surface area (Å²) in [6.45, 7) is 6.47. The summed E-state index contributed by atoms with van der Waals surface area (Å²) >= 11 is 0. The number of fused-ring (bicyclic) bond motifs is 1. The lowest BCUT2D eigenvalue weighted by molar-refractivity contribution is 0.898. The van der Waals surface area contributed by atoms with E-state index < -0.39 is 0 Å². The molecule has 13 heavy (non-hydrogen) atoms. The van der Waals surface area contributed by atoms with Crippen molar-refractivity contribution >= 4 is 11.8 Å². The van der Waals surface area contributed by atoms with Crippen LogP contribution >= 0.6 is 0 Å². The molecule has 0 saturated carbocycles. The van der Waals surface area contributed by atoms with Gasteiger partial charge in [0.2, 0.25) is 0 Å². The molecule has 1 aliphatic rings. The van der Waals surface area contributed by atoms with E-state index >= 15 is 0 Å². The predicted octanol–water partition coefficient (Wildman–Crippen LogP) is 2.85. The lowest BCUT2D eigenvalue weighted by Gasteiger charge is -2.26. The quantitative estimate of drug-likeness (QED) is 0.631. The van der Waals surface area contributed by atoms with Crippen LogP contribution in [0.4, 0.5) is 5.69 Å². The summed E-state index contributed by atoms with van der Waals surface area (Å²) in [6, 6.07) is 6.64. The third-order valence-electron chi connectivity index (χ3n) is 2.53. The Bertz CT molecular complexity index is 339. The number of likely N-dealkylation sites (N-methyl/N-ethyl adjacent to an activating group) is 1. The highest BCUT2D eigenvalue weighted by atomic mass is 15.1. The number of benzene rings is 1. The van der Waals surface area contributed by atoms with E-state index in [1.165, 1.54) is 16.8 Å². The highest BCUT2D eigenvalue weighted by molar-refractivity contribution is 5.71. The van der Waals surface area contributed by atoms with Crippen LogP contribution < -0.4 is 4.90 Å². The van der Waals surface area contributed by atoms with E-state index in [1.807, 2.05) is 0 Å². The van der Waals surface area contributed by atoms with Gasteiger partial charge in [0.1, 0.15) is 0 Å². The van der Waals surface area contributed by atoms with Crippen molar-refractivity contribution < 1.29 is 0 Å². The molecule has 1 aromatic carbocycles. The molecule has 0 spiro atoms. The Balaban J connectivity index is 2.47. The van der Waals surface area contributed by atoms with Gasteiger partial charge in [-0.2, -0.15) is 0 Å². The van der Waals surface area contributed by atoms with Gasteiger partial charge in [-0.1, -0.05) is 23.8 Å². The third kappa shape index (κ3) is 1.46. The second-order valence-corrected chi connectivity index (χ2v) is 3.50. The van der Waals surface area contributed by atoms with Crippen LogP contribution in [0.1, 0.15) is 18.1 Å². The minimum atomic E-state index is 1.05. The second kappa shape index (κ2) is 3.25.